The van der Waals surface area contributed by atoms with Gasteiger partial charge in [-0.1, -0.05) is 24.3 Å². The Morgan fingerprint density at radius 3 is 2.81 bits per heavy atom. The molecular weight excluding hydrogens is 320 g/mol. The summed E-state index contributed by atoms with van der Waals surface area (Å²) >= 11 is 10.6. The number of hydrogen-bond acceptors (Lipinski definition) is 3. The van der Waals surface area contributed by atoms with Crippen molar-refractivity contribution in [3.8, 4) is 0 Å². The minimum Gasteiger partial charge on any atom is -0.384 e. The van der Waals surface area contributed by atoms with Crippen molar-refractivity contribution < 1.29 is 4.74 Å². The van der Waals surface area contributed by atoms with Crippen molar-refractivity contribution >= 4 is 34.7 Å². The van der Waals surface area contributed by atoms with Gasteiger partial charge in [-0.2, -0.15) is 11.8 Å². The van der Waals surface area contributed by atoms with Gasteiger partial charge >= 0.3 is 0 Å². The number of alkyl halides is 1. The summed E-state index contributed by atoms with van der Waals surface area (Å²) in [6.45, 7) is 0.763. The van der Waals surface area contributed by atoms with Crippen molar-refractivity contribution in [2.24, 2.45) is 0 Å². The van der Waals surface area contributed by atoms with Crippen LogP contribution in [0.3, 0.4) is 0 Å². The van der Waals surface area contributed by atoms with Crippen LogP contribution in [-0.4, -0.2) is 19.5 Å². The summed E-state index contributed by atoms with van der Waals surface area (Å²) in [6, 6.07) is 10.9. The Labute approximate surface area is 139 Å². The maximum absolute atomic E-state index is 6.69. The first-order valence-electron chi connectivity index (χ1n) is 7.19. The van der Waals surface area contributed by atoms with Crippen LogP contribution < -0.4 is 0 Å². The molecule has 1 aliphatic rings. The Balaban J connectivity index is 1.75. The third kappa shape index (κ3) is 3.65. The summed E-state index contributed by atoms with van der Waals surface area (Å²) < 4.78 is 5.11. The average Bonchev–Trinajstić information content (AvgIpc) is 2.96. The van der Waals surface area contributed by atoms with E-state index in [0.29, 0.717) is 0 Å². The first-order valence-corrected chi connectivity index (χ1v) is 9.60. The highest BCUT2D eigenvalue weighted by Crippen LogP contribution is 2.39. The van der Waals surface area contributed by atoms with Crippen molar-refractivity contribution in [3.63, 3.8) is 0 Å². The Hall–Kier alpha value is -0.480. The molecule has 0 fully saturated rings. The Bertz CT molecular complexity index is 568. The summed E-state index contributed by atoms with van der Waals surface area (Å²) in [5, 5.41) is -0.0259. The minimum atomic E-state index is -0.0259. The number of rotatable bonds is 5. The van der Waals surface area contributed by atoms with Gasteiger partial charge in [0.05, 0.1) is 12.0 Å². The van der Waals surface area contributed by atoms with E-state index in [1.165, 1.54) is 38.6 Å². The summed E-state index contributed by atoms with van der Waals surface area (Å²) in [6.07, 6.45) is 2.15. The van der Waals surface area contributed by atoms with E-state index in [1.54, 1.807) is 7.11 Å². The summed E-state index contributed by atoms with van der Waals surface area (Å²) in [7, 11) is 1.74. The number of hydrogen-bond donors (Lipinski definition) is 0. The first kappa shape index (κ1) is 15.4. The molecule has 0 saturated heterocycles. The molecule has 2 aromatic rings. The van der Waals surface area contributed by atoms with Gasteiger partial charge in [-0.25, -0.2) is 0 Å². The number of aryl methyl sites for hydroxylation is 1. The molecule has 0 bridgehead atoms. The minimum absolute atomic E-state index is 0.0259. The molecule has 0 aliphatic carbocycles. The van der Waals surface area contributed by atoms with Crippen LogP contribution >= 0.6 is 34.7 Å². The van der Waals surface area contributed by atoms with Crippen LogP contribution in [0.15, 0.2) is 30.3 Å². The van der Waals surface area contributed by atoms with E-state index < -0.39 is 0 Å². The van der Waals surface area contributed by atoms with Gasteiger partial charge in [0.2, 0.25) is 0 Å². The Kier molecular flexibility index (Phi) is 5.28. The number of benzene rings is 1. The van der Waals surface area contributed by atoms with Crippen LogP contribution in [0.2, 0.25) is 0 Å². The smallest absolute Gasteiger partial charge is 0.0927 e. The van der Waals surface area contributed by atoms with E-state index >= 15 is 0 Å². The molecule has 3 rings (SSSR count). The van der Waals surface area contributed by atoms with E-state index in [1.807, 2.05) is 23.1 Å². The van der Waals surface area contributed by atoms with Crippen molar-refractivity contribution in [2.75, 3.05) is 19.5 Å². The van der Waals surface area contributed by atoms with E-state index in [2.05, 4.69) is 30.3 Å². The van der Waals surface area contributed by atoms with Crippen LogP contribution in [-0.2, 0) is 23.3 Å². The third-order valence-electron chi connectivity index (χ3n) is 3.76. The van der Waals surface area contributed by atoms with Crippen LogP contribution in [0.1, 0.15) is 31.8 Å². The van der Waals surface area contributed by atoms with E-state index in [4.69, 9.17) is 16.3 Å². The summed E-state index contributed by atoms with van der Waals surface area (Å²) in [5.74, 6) is 2.39. The highest BCUT2D eigenvalue weighted by Gasteiger charge is 2.19. The van der Waals surface area contributed by atoms with Gasteiger partial charge in [-0.05, 0) is 41.4 Å². The molecule has 1 atom stereocenters. The molecule has 0 amide bonds. The molecule has 0 radical (unpaired) electrons. The molecule has 1 nitrogen and oxygen atoms in total. The Morgan fingerprint density at radius 1 is 1.29 bits per heavy atom. The maximum Gasteiger partial charge on any atom is 0.0927 e. The van der Waals surface area contributed by atoms with Gasteiger partial charge in [0.25, 0.3) is 0 Å². The number of thioether (sulfide) groups is 1. The molecule has 2 heterocycles. The molecular formula is C17H19ClOS2. The number of halogens is 1. The van der Waals surface area contributed by atoms with E-state index in [0.717, 1.165) is 18.8 Å². The maximum atomic E-state index is 6.69. The molecule has 1 aromatic carbocycles. The predicted octanol–water partition coefficient (Wildman–Crippen LogP) is 5.05. The second-order valence-corrected chi connectivity index (χ2v) is 7.96. The lowest BCUT2D eigenvalue weighted by molar-refractivity contribution is 0.202. The van der Waals surface area contributed by atoms with E-state index in [9.17, 15) is 0 Å². The standard InChI is InChI=1S/C17H19ClOS2/c1-19-8-6-12-2-4-13(5-3-12)17(18)16-10-14-11-20-9-7-15(14)21-16/h2-5,10,17H,6-9,11H2,1H3. The number of methoxy groups -OCH3 is 1. The van der Waals surface area contributed by atoms with Gasteiger partial charge in [0.1, 0.15) is 0 Å². The summed E-state index contributed by atoms with van der Waals surface area (Å²) in [5.41, 5.74) is 3.98. The fraction of sp³-hybridized carbons (Fsp3) is 0.412. The zero-order valence-corrected chi connectivity index (χ0v) is 14.5. The number of thiophene rings is 1. The van der Waals surface area contributed by atoms with E-state index in [-0.39, 0.29) is 5.38 Å². The van der Waals surface area contributed by atoms with Gasteiger partial charge in [-0.15, -0.1) is 22.9 Å². The zero-order chi connectivity index (χ0) is 14.7. The lowest BCUT2D eigenvalue weighted by Gasteiger charge is -2.09. The molecule has 1 unspecified atom stereocenters. The highest BCUT2D eigenvalue weighted by molar-refractivity contribution is 7.98. The molecule has 112 valence electrons. The third-order valence-corrected chi connectivity index (χ3v) is 6.69. The molecule has 0 N–H and O–H groups in total. The SMILES string of the molecule is COCCc1ccc(C(Cl)c2cc3c(s2)CCSC3)cc1. The van der Waals surface area contributed by atoms with Gasteiger partial charge in [0, 0.05) is 22.6 Å². The second-order valence-electron chi connectivity index (χ2n) is 5.25. The number of ether oxygens (including phenoxy) is 1. The average molecular weight is 339 g/mol. The van der Waals surface area contributed by atoms with Crippen molar-refractivity contribution in [3.05, 3.63) is 56.8 Å². The topological polar surface area (TPSA) is 9.23 Å². The number of fused-ring (bicyclic) bond motifs is 1. The molecule has 4 heteroatoms. The van der Waals surface area contributed by atoms with Gasteiger partial charge in [0.15, 0.2) is 0 Å². The van der Waals surface area contributed by atoms with Crippen LogP contribution in [0.4, 0.5) is 0 Å². The fourth-order valence-corrected chi connectivity index (χ4v) is 5.26. The van der Waals surface area contributed by atoms with Gasteiger partial charge in [-0.3, -0.25) is 0 Å². The quantitative estimate of drug-likeness (QED) is 0.705. The molecule has 21 heavy (non-hydrogen) atoms. The van der Waals surface area contributed by atoms with Gasteiger partial charge < -0.3 is 4.74 Å². The zero-order valence-electron chi connectivity index (χ0n) is 12.1. The fourth-order valence-electron chi connectivity index (χ4n) is 2.53. The van der Waals surface area contributed by atoms with Crippen LogP contribution in [0, 0.1) is 0 Å². The molecule has 0 saturated carbocycles. The lowest BCUT2D eigenvalue weighted by Crippen LogP contribution is -1.96. The first-order chi connectivity index (χ1) is 10.3. The van der Waals surface area contributed by atoms with Crippen molar-refractivity contribution in [1.29, 1.82) is 0 Å². The van der Waals surface area contributed by atoms with Crippen LogP contribution in [0.25, 0.3) is 0 Å². The molecule has 1 aliphatic heterocycles. The monoisotopic (exact) mass is 338 g/mol. The highest BCUT2D eigenvalue weighted by atomic mass is 35.5. The van der Waals surface area contributed by atoms with Crippen LogP contribution in [0.5, 0.6) is 0 Å². The summed E-state index contributed by atoms with van der Waals surface area (Å²) in [4.78, 5) is 2.82. The predicted molar refractivity (Wildman–Crippen MR) is 93.9 cm³/mol. The normalized spacial score (nSPS) is 15.7. The Morgan fingerprint density at radius 2 is 2.10 bits per heavy atom. The van der Waals surface area contributed by atoms with Crippen molar-refractivity contribution in [2.45, 2.75) is 24.0 Å². The molecule has 0 spiro atoms. The second kappa shape index (κ2) is 7.19. The van der Waals surface area contributed by atoms with Crippen molar-refractivity contribution in [1.82, 2.24) is 0 Å². The largest absolute Gasteiger partial charge is 0.384 e. The lowest BCUT2D eigenvalue weighted by atomic mass is 10.1. The molecule has 1 aromatic heterocycles.